The number of amides is 1. The molecule has 0 radical (unpaired) electrons. The minimum atomic E-state index is -0.0878. The summed E-state index contributed by atoms with van der Waals surface area (Å²) < 4.78 is 0.741. The van der Waals surface area contributed by atoms with Gasteiger partial charge in [0.15, 0.2) is 0 Å². The summed E-state index contributed by atoms with van der Waals surface area (Å²) in [4.78, 5) is 11.5. The van der Waals surface area contributed by atoms with E-state index in [2.05, 4.69) is 31.4 Å². The summed E-state index contributed by atoms with van der Waals surface area (Å²) in [6.07, 6.45) is 2.26. The van der Waals surface area contributed by atoms with Gasteiger partial charge in [-0.2, -0.15) is 5.10 Å². The third-order valence-electron chi connectivity index (χ3n) is 1.89. The number of carbonyl (C=O) groups is 1. The molecule has 5 nitrogen and oxygen atoms in total. The first-order chi connectivity index (χ1) is 6.65. The smallest absolute Gasteiger partial charge is 0.228 e. The normalized spacial score (nSPS) is 12.5. The van der Waals surface area contributed by atoms with Crippen LogP contribution in [0, 0.1) is 5.92 Å². The van der Waals surface area contributed by atoms with Crippen molar-refractivity contribution >= 4 is 27.7 Å². The average molecular weight is 261 g/mol. The van der Waals surface area contributed by atoms with Crippen LogP contribution in [0.3, 0.4) is 0 Å². The zero-order valence-electron chi connectivity index (χ0n) is 7.88. The van der Waals surface area contributed by atoms with Gasteiger partial charge in [-0.05, 0) is 28.9 Å². The van der Waals surface area contributed by atoms with Gasteiger partial charge in [0.2, 0.25) is 5.91 Å². The number of halogens is 1. The van der Waals surface area contributed by atoms with Gasteiger partial charge in [0.1, 0.15) is 5.82 Å². The fourth-order valence-electron chi connectivity index (χ4n) is 0.987. The zero-order valence-corrected chi connectivity index (χ0v) is 9.47. The number of aromatic nitrogens is 2. The Morgan fingerprint density at radius 1 is 1.86 bits per heavy atom. The number of aromatic amines is 1. The van der Waals surface area contributed by atoms with Crippen molar-refractivity contribution in [3.05, 3.63) is 10.7 Å². The highest BCUT2D eigenvalue weighted by Gasteiger charge is 2.13. The third kappa shape index (κ3) is 2.81. The maximum Gasteiger partial charge on any atom is 0.228 e. The van der Waals surface area contributed by atoms with Crippen LogP contribution in [0.2, 0.25) is 0 Å². The first-order valence-corrected chi connectivity index (χ1v) is 5.14. The first-order valence-electron chi connectivity index (χ1n) is 4.35. The minimum Gasteiger partial charge on any atom is -0.330 e. The summed E-state index contributed by atoms with van der Waals surface area (Å²) >= 11 is 3.25. The van der Waals surface area contributed by atoms with Gasteiger partial charge in [-0.3, -0.25) is 9.89 Å². The van der Waals surface area contributed by atoms with Gasteiger partial charge >= 0.3 is 0 Å². The quantitative estimate of drug-likeness (QED) is 0.758. The van der Waals surface area contributed by atoms with E-state index in [1.807, 2.05) is 6.92 Å². The van der Waals surface area contributed by atoms with Crippen LogP contribution in [0.5, 0.6) is 0 Å². The molecule has 0 bridgehead atoms. The van der Waals surface area contributed by atoms with Gasteiger partial charge in [-0.25, -0.2) is 0 Å². The van der Waals surface area contributed by atoms with Gasteiger partial charge in [-0.15, -0.1) is 0 Å². The Kier molecular flexibility index (Phi) is 4.09. The molecule has 1 atom stereocenters. The molecule has 1 aromatic rings. The highest BCUT2D eigenvalue weighted by atomic mass is 79.9. The second-order valence-corrected chi connectivity index (χ2v) is 3.91. The molecule has 4 N–H and O–H groups in total. The highest BCUT2D eigenvalue weighted by Crippen LogP contribution is 2.18. The lowest BCUT2D eigenvalue weighted by Gasteiger charge is -2.09. The fourth-order valence-corrected chi connectivity index (χ4v) is 1.28. The molecule has 1 rings (SSSR count). The van der Waals surface area contributed by atoms with Crippen LogP contribution in [-0.4, -0.2) is 22.6 Å². The Morgan fingerprint density at radius 3 is 3.07 bits per heavy atom. The number of nitrogens with zero attached hydrogens (tertiary/aromatic N) is 1. The summed E-state index contributed by atoms with van der Waals surface area (Å²) in [5.41, 5.74) is 5.36. The molecule has 78 valence electrons. The second kappa shape index (κ2) is 5.11. The van der Waals surface area contributed by atoms with Crippen molar-refractivity contribution in [3.8, 4) is 0 Å². The van der Waals surface area contributed by atoms with Crippen molar-refractivity contribution in [3.63, 3.8) is 0 Å². The fraction of sp³-hybridized carbons (Fsp3) is 0.500. The lowest BCUT2D eigenvalue weighted by Crippen LogP contribution is -2.23. The highest BCUT2D eigenvalue weighted by molar-refractivity contribution is 9.10. The average Bonchev–Trinajstić information content (AvgIpc) is 2.52. The lowest BCUT2D eigenvalue weighted by atomic mass is 10.1. The molecule has 0 aromatic carbocycles. The van der Waals surface area contributed by atoms with Crippen molar-refractivity contribution in [2.24, 2.45) is 11.7 Å². The molecule has 14 heavy (non-hydrogen) atoms. The van der Waals surface area contributed by atoms with E-state index in [4.69, 9.17) is 5.73 Å². The van der Waals surface area contributed by atoms with E-state index in [0.29, 0.717) is 18.8 Å². The van der Waals surface area contributed by atoms with E-state index in [-0.39, 0.29) is 11.8 Å². The molecule has 0 fully saturated rings. The summed E-state index contributed by atoms with van der Waals surface area (Å²) in [5.74, 6) is 0.439. The molecule has 0 aliphatic rings. The Morgan fingerprint density at radius 2 is 2.57 bits per heavy atom. The number of nitrogens with one attached hydrogen (secondary N) is 2. The van der Waals surface area contributed by atoms with Crippen LogP contribution in [0.4, 0.5) is 5.82 Å². The van der Waals surface area contributed by atoms with Crippen molar-refractivity contribution in [2.45, 2.75) is 13.3 Å². The maximum atomic E-state index is 11.5. The largest absolute Gasteiger partial charge is 0.330 e. The predicted molar refractivity (Wildman–Crippen MR) is 57.8 cm³/mol. The van der Waals surface area contributed by atoms with Crippen molar-refractivity contribution in [1.29, 1.82) is 0 Å². The van der Waals surface area contributed by atoms with Gasteiger partial charge in [0.25, 0.3) is 0 Å². The molecular formula is C8H13BrN4O. The van der Waals surface area contributed by atoms with Crippen LogP contribution >= 0.6 is 15.9 Å². The van der Waals surface area contributed by atoms with Crippen LogP contribution in [0.15, 0.2) is 10.7 Å². The van der Waals surface area contributed by atoms with E-state index in [1.165, 1.54) is 0 Å². The second-order valence-electron chi connectivity index (χ2n) is 3.06. The molecule has 1 unspecified atom stereocenters. The van der Waals surface area contributed by atoms with Crippen LogP contribution in [0.25, 0.3) is 0 Å². The zero-order chi connectivity index (χ0) is 10.6. The number of rotatable bonds is 4. The molecule has 1 amide bonds. The molecule has 0 aliphatic heterocycles. The summed E-state index contributed by atoms with van der Waals surface area (Å²) in [6.45, 7) is 2.35. The van der Waals surface area contributed by atoms with Crippen LogP contribution in [0.1, 0.15) is 13.3 Å². The number of H-pyrrole nitrogens is 1. The molecule has 6 heteroatoms. The monoisotopic (exact) mass is 260 g/mol. The van der Waals surface area contributed by atoms with E-state index < -0.39 is 0 Å². The van der Waals surface area contributed by atoms with Crippen LogP contribution < -0.4 is 11.1 Å². The summed E-state index contributed by atoms with van der Waals surface area (Å²) in [5, 5.41) is 9.16. The Hall–Kier alpha value is -0.880. The van der Waals surface area contributed by atoms with Gasteiger partial charge in [0, 0.05) is 5.92 Å². The molecule has 0 aliphatic carbocycles. The number of hydrogen-bond donors (Lipinski definition) is 3. The lowest BCUT2D eigenvalue weighted by molar-refractivity contribution is -0.119. The standard InChI is InChI=1S/C8H13BrN4O/c1-5(2-3-10)8(14)12-7-6(9)4-11-13-7/h4-5H,2-3,10H2,1H3,(H2,11,12,13,14). The van der Waals surface area contributed by atoms with Crippen molar-refractivity contribution < 1.29 is 4.79 Å². The number of anilines is 1. The molecule has 1 heterocycles. The SMILES string of the molecule is CC(CCN)C(=O)Nc1[nH]ncc1Br. The topological polar surface area (TPSA) is 83.8 Å². The number of nitrogens with two attached hydrogens (primary N) is 1. The van der Waals surface area contributed by atoms with E-state index >= 15 is 0 Å². The number of carbonyl (C=O) groups excluding carboxylic acids is 1. The van der Waals surface area contributed by atoms with Gasteiger partial charge in [-0.1, -0.05) is 6.92 Å². The van der Waals surface area contributed by atoms with E-state index in [0.717, 1.165) is 4.47 Å². The van der Waals surface area contributed by atoms with E-state index in [1.54, 1.807) is 6.20 Å². The third-order valence-corrected chi connectivity index (χ3v) is 2.49. The molecule has 0 spiro atoms. The Bertz CT molecular complexity index is 312. The van der Waals surface area contributed by atoms with Gasteiger partial charge < -0.3 is 11.1 Å². The Balaban J connectivity index is 2.53. The predicted octanol–water partition coefficient (Wildman–Crippen LogP) is 1.10. The molecule has 1 aromatic heterocycles. The van der Waals surface area contributed by atoms with Crippen LogP contribution in [-0.2, 0) is 4.79 Å². The summed E-state index contributed by atoms with van der Waals surface area (Å²) in [7, 11) is 0. The first kappa shape index (κ1) is 11.2. The molecule has 0 saturated carbocycles. The van der Waals surface area contributed by atoms with Gasteiger partial charge in [0.05, 0.1) is 10.7 Å². The maximum absolute atomic E-state index is 11.5. The number of hydrogen-bond acceptors (Lipinski definition) is 3. The van der Waals surface area contributed by atoms with Crippen molar-refractivity contribution in [2.75, 3.05) is 11.9 Å². The molecular weight excluding hydrogens is 248 g/mol. The molecule has 0 saturated heterocycles. The Labute approximate surface area is 90.6 Å². The van der Waals surface area contributed by atoms with Crippen molar-refractivity contribution in [1.82, 2.24) is 10.2 Å². The summed E-state index contributed by atoms with van der Waals surface area (Å²) in [6, 6.07) is 0. The minimum absolute atomic E-state index is 0.0552. The van der Waals surface area contributed by atoms with E-state index in [9.17, 15) is 4.79 Å².